The van der Waals surface area contributed by atoms with E-state index in [2.05, 4.69) is 31.1 Å². The summed E-state index contributed by atoms with van der Waals surface area (Å²) in [7, 11) is 1.82. The zero-order chi connectivity index (χ0) is 12.1. The molecule has 92 valence electrons. The molecule has 0 radical (unpaired) electrons. The second-order valence-corrected chi connectivity index (χ2v) is 5.17. The van der Waals surface area contributed by atoms with Crippen LogP contribution in [-0.2, 0) is 7.05 Å². The number of tetrazole rings is 2. The smallest absolute Gasteiger partial charge is 0.230 e. The van der Waals surface area contributed by atoms with Crippen LogP contribution in [-0.4, -0.2) is 52.0 Å². The second-order valence-electron chi connectivity index (χ2n) is 3.04. The van der Waals surface area contributed by atoms with Gasteiger partial charge in [-0.3, -0.25) is 0 Å². The number of rotatable bonds is 6. The minimum atomic E-state index is 0.621. The van der Waals surface area contributed by atoms with Gasteiger partial charge in [0.15, 0.2) is 0 Å². The highest BCUT2D eigenvalue weighted by Crippen LogP contribution is 2.17. The van der Waals surface area contributed by atoms with Crippen LogP contribution in [0.25, 0.3) is 0 Å². The van der Waals surface area contributed by atoms with Crippen LogP contribution in [0.2, 0.25) is 0 Å². The molecule has 0 aromatic carbocycles. The molecule has 2 rings (SSSR count). The number of aromatic nitrogens is 8. The first-order valence-electron chi connectivity index (χ1n) is 4.79. The summed E-state index contributed by atoms with van der Waals surface area (Å²) in [6, 6.07) is 0. The van der Waals surface area contributed by atoms with E-state index < -0.39 is 0 Å². The first kappa shape index (κ1) is 12.1. The fourth-order valence-electron chi connectivity index (χ4n) is 1.01. The van der Waals surface area contributed by atoms with Crippen LogP contribution < -0.4 is 5.84 Å². The molecule has 2 heterocycles. The van der Waals surface area contributed by atoms with E-state index in [4.69, 9.17) is 5.84 Å². The third-order valence-corrected chi connectivity index (χ3v) is 3.91. The van der Waals surface area contributed by atoms with Crippen molar-refractivity contribution in [2.45, 2.75) is 16.7 Å². The Balaban J connectivity index is 1.64. The second kappa shape index (κ2) is 5.82. The van der Waals surface area contributed by atoms with Crippen LogP contribution in [0.1, 0.15) is 6.42 Å². The number of nitrogen functional groups attached to an aromatic ring is 1. The third-order valence-electron chi connectivity index (χ3n) is 1.79. The average molecular weight is 273 g/mol. The summed E-state index contributed by atoms with van der Waals surface area (Å²) in [6.45, 7) is 0. The Morgan fingerprint density at radius 3 is 2.29 bits per heavy atom. The molecule has 0 atom stereocenters. The molecule has 2 aromatic rings. The van der Waals surface area contributed by atoms with Crippen LogP contribution >= 0.6 is 23.5 Å². The highest BCUT2D eigenvalue weighted by Gasteiger charge is 2.04. The number of aryl methyl sites for hydroxylation is 1. The van der Waals surface area contributed by atoms with Gasteiger partial charge in [-0.2, -0.15) is 0 Å². The van der Waals surface area contributed by atoms with Gasteiger partial charge in [-0.15, -0.1) is 9.89 Å². The molecule has 0 fully saturated rings. The summed E-state index contributed by atoms with van der Waals surface area (Å²) in [5, 5.41) is 23.4. The van der Waals surface area contributed by atoms with Gasteiger partial charge in [0.25, 0.3) is 0 Å². The van der Waals surface area contributed by atoms with E-state index >= 15 is 0 Å². The molecule has 0 bridgehead atoms. The normalized spacial score (nSPS) is 10.9. The van der Waals surface area contributed by atoms with Gasteiger partial charge in [0.2, 0.25) is 10.3 Å². The zero-order valence-electron chi connectivity index (χ0n) is 9.09. The maximum atomic E-state index is 5.48. The van der Waals surface area contributed by atoms with Gasteiger partial charge in [0, 0.05) is 18.6 Å². The van der Waals surface area contributed by atoms with Crippen molar-refractivity contribution < 1.29 is 0 Å². The van der Waals surface area contributed by atoms with E-state index in [9.17, 15) is 0 Å². The molecular formula is C6H11N9S2. The molecule has 9 nitrogen and oxygen atoms in total. The minimum Gasteiger partial charge on any atom is -0.319 e. The van der Waals surface area contributed by atoms with Crippen molar-refractivity contribution in [3.8, 4) is 0 Å². The van der Waals surface area contributed by atoms with E-state index in [1.54, 1.807) is 16.4 Å². The Hall–Kier alpha value is -1.36. The van der Waals surface area contributed by atoms with E-state index in [-0.39, 0.29) is 0 Å². The summed E-state index contributed by atoms with van der Waals surface area (Å²) in [4.78, 5) is 1.17. The molecule has 0 aliphatic rings. The lowest BCUT2D eigenvalue weighted by Gasteiger charge is -1.99. The van der Waals surface area contributed by atoms with Gasteiger partial charge in [-0.05, 0) is 27.3 Å². The first-order valence-corrected chi connectivity index (χ1v) is 6.76. The van der Waals surface area contributed by atoms with Gasteiger partial charge in [-0.25, -0.2) is 4.68 Å². The lowest BCUT2D eigenvalue weighted by atomic mass is 10.6. The number of hydrogen-bond donors (Lipinski definition) is 1. The number of nitrogens with two attached hydrogens (primary N) is 1. The molecule has 0 saturated heterocycles. The van der Waals surface area contributed by atoms with Gasteiger partial charge in [-0.1, -0.05) is 28.6 Å². The molecule has 17 heavy (non-hydrogen) atoms. The largest absolute Gasteiger partial charge is 0.319 e. The van der Waals surface area contributed by atoms with Crippen LogP contribution in [0.4, 0.5) is 0 Å². The quantitative estimate of drug-likeness (QED) is 0.410. The molecule has 0 saturated carbocycles. The highest BCUT2D eigenvalue weighted by molar-refractivity contribution is 8.00. The molecule has 0 aliphatic carbocycles. The average Bonchev–Trinajstić information content (AvgIpc) is 2.89. The lowest BCUT2D eigenvalue weighted by Crippen LogP contribution is -2.11. The summed E-state index contributed by atoms with van der Waals surface area (Å²) in [5.41, 5.74) is 0. The summed E-state index contributed by atoms with van der Waals surface area (Å²) >= 11 is 3.14. The van der Waals surface area contributed by atoms with Crippen molar-refractivity contribution in [1.29, 1.82) is 0 Å². The van der Waals surface area contributed by atoms with Gasteiger partial charge >= 0.3 is 0 Å². The van der Waals surface area contributed by atoms with Gasteiger partial charge in [0.05, 0.1) is 0 Å². The Morgan fingerprint density at radius 1 is 1.06 bits per heavy atom. The van der Waals surface area contributed by atoms with Crippen LogP contribution in [0, 0.1) is 0 Å². The first-order chi connectivity index (χ1) is 8.27. The van der Waals surface area contributed by atoms with E-state index in [1.165, 1.54) is 16.6 Å². The Bertz CT molecular complexity index is 423. The maximum absolute atomic E-state index is 5.48. The third kappa shape index (κ3) is 3.30. The topological polar surface area (TPSA) is 113 Å². The van der Waals surface area contributed by atoms with Crippen molar-refractivity contribution >= 4 is 23.5 Å². The Morgan fingerprint density at radius 2 is 1.71 bits per heavy atom. The maximum Gasteiger partial charge on any atom is 0.230 e. The molecule has 0 unspecified atom stereocenters. The van der Waals surface area contributed by atoms with Crippen molar-refractivity contribution in [2.24, 2.45) is 7.05 Å². The van der Waals surface area contributed by atoms with Gasteiger partial charge in [0.1, 0.15) is 0 Å². The molecule has 0 aliphatic heterocycles. The SMILES string of the molecule is Cn1nnnc1SCCCSc1nnnn1N. The monoisotopic (exact) mass is 273 g/mol. The van der Waals surface area contributed by atoms with Crippen molar-refractivity contribution in [1.82, 2.24) is 40.5 Å². The fourth-order valence-corrected chi connectivity index (χ4v) is 2.72. The van der Waals surface area contributed by atoms with Crippen LogP contribution in [0.15, 0.2) is 10.3 Å². The molecule has 0 spiro atoms. The lowest BCUT2D eigenvalue weighted by molar-refractivity contribution is 0.664. The molecule has 2 N–H and O–H groups in total. The van der Waals surface area contributed by atoms with Gasteiger partial charge < -0.3 is 5.84 Å². The minimum absolute atomic E-state index is 0.621. The summed E-state index contributed by atoms with van der Waals surface area (Å²) in [6.07, 6.45) is 0.995. The standard InChI is InChI=1S/C6H11N9S2/c1-14-5(8-10-12-14)16-3-2-4-17-6-9-11-13-15(6)7/h2-4,7H2,1H3. The Labute approximate surface area is 105 Å². The summed E-state index contributed by atoms with van der Waals surface area (Å²) in [5.74, 6) is 7.31. The number of hydrogen-bond acceptors (Lipinski definition) is 9. The predicted molar refractivity (Wildman–Crippen MR) is 62.8 cm³/mol. The number of thioether (sulfide) groups is 2. The number of nitrogens with zero attached hydrogens (tertiary/aromatic N) is 8. The van der Waals surface area contributed by atoms with E-state index in [0.717, 1.165) is 23.1 Å². The predicted octanol–water partition coefficient (Wildman–Crippen LogP) is -0.815. The molecule has 0 amide bonds. The van der Waals surface area contributed by atoms with Crippen molar-refractivity contribution in [3.05, 3.63) is 0 Å². The highest BCUT2D eigenvalue weighted by atomic mass is 32.2. The van der Waals surface area contributed by atoms with Crippen LogP contribution in [0.3, 0.4) is 0 Å². The Kier molecular flexibility index (Phi) is 4.14. The van der Waals surface area contributed by atoms with Crippen LogP contribution in [0.5, 0.6) is 0 Å². The van der Waals surface area contributed by atoms with E-state index in [1.807, 2.05) is 7.05 Å². The molecule has 2 aromatic heterocycles. The van der Waals surface area contributed by atoms with Crippen molar-refractivity contribution in [3.63, 3.8) is 0 Å². The molecule has 11 heteroatoms. The summed E-state index contributed by atoms with van der Waals surface area (Å²) < 4.78 is 1.65. The van der Waals surface area contributed by atoms with E-state index in [0.29, 0.717) is 5.16 Å². The van der Waals surface area contributed by atoms with Crippen molar-refractivity contribution in [2.75, 3.05) is 17.3 Å². The fraction of sp³-hybridized carbons (Fsp3) is 0.667. The zero-order valence-corrected chi connectivity index (χ0v) is 10.7. The molecular weight excluding hydrogens is 262 g/mol.